The van der Waals surface area contributed by atoms with Gasteiger partial charge in [0.05, 0.1) is 6.61 Å². The Bertz CT molecular complexity index is 386. The first-order valence-electron chi connectivity index (χ1n) is 4.60. The molecule has 0 unspecified atom stereocenters. The summed E-state index contributed by atoms with van der Waals surface area (Å²) in [4.78, 5) is 0. The van der Waals surface area contributed by atoms with Gasteiger partial charge in [0.15, 0.2) is 0 Å². The fourth-order valence-electron chi connectivity index (χ4n) is 1.18. The van der Waals surface area contributed by atoms with Gasteiger partial charge in [-0.3, -0.25) is 0 Å². The van der Waals surface area contributed by atoms with Crippen molar-refractivity contribution in [2.75, 3.05) is 0 Å². The molecule has 0 heterocycles. The van der Waals surface area contributed by atoms with Crippen molar-refractivity contribution in [2.45, 2.75) is 25.1 Å². The van der Waals surface area contributed by atoms with Crippen LogP contribution in [0, 0.1) is 0 Å². The molecule has 0 saturated heterocycles. The van der Waals surface area contributed by atoms with Gasteiger partial charge in [-0.1, -0.05) is 28.1 Å². The second-order valence-corrected chi connectivity index (χ2v) is 4.32. The van der Waals surface area contributed by atoms with Crippen molar-refractivity contribution in [3.63, 3.8) is 0 Å². The van der Waals surface area contributed by atoms with E-state index in [2.05, 4.69) is 20.7 Å². The average Bonchev–Trinajstić information content (AvgIpc) is 2.13. The number of ether oxygens (including phenoxy) is 1. The third kappa shape index (κ3) is 4.49. The molecular formula is C10H7BrF6O. The van der Waals surface area contributed by atoms with E-state index in [1.807, 2.05) is 0 Å². The largest absolute Gasteiger partial charge is 0.423 e. The Kier molecular flexibility index (Phi) is 4.66. The predicted molar refractivity (Wildman–Crippen MR) is 54.8 cm³/mol. The molecule has 18 heavy (non-hydrogen) atoms. The molecule has 1 aromatic carbocycles. The van der Waals surface area contributed by atoms with E-state index in [9.17, 15) is 26.3 Å². The second kappa shape index (κ2) is 5.48. The Balaban J connectivity index is 2.75. The van der Waals surface area contributed by atoms with E-state index in [-0.39, 0.29) is 5.56 Å². The van der Waals surface area contributed by atoms with Crippen LogP contribution in [0.4, 0.5) is 26.3 Å². The van der Waals surface area contributed by atoms with Gasteiger partial charge in [0, 0.05) is 4.47 Å². The van der Waals surface area contributed by atoms with Crippen LogP contribution in [0.1, 0.15) is 5.56 Å². The standard InChI is InChI=1S/C10H7BrF6O/c11-7-3-1-2-6(4-7)5-18-8(9(12,13)14)10(15,16)17/h1-4,8H,5H2. The maximum Gasteiger partial charge on any atom is 0.423 e. The quantitative estimate of drug-likeness (QED) is 0.740. The molecule has 0 atom stereocenters. The molecule has 0 saturated carbocycles. The molecule has 0 aliphatic heterocycles. The molecule has 1 rings (SSSR count). The topological polar surface area (TPSA) is 9.23 Å². The summed E-state index contributed by atoms with van der Waals surface area (Å²) in [5.74, 6) is 0. The van der Waals surface area contributed by atoms with Crippen molar-refractivity contribution in [2.24, 2.45) is 0 Å². The summed E-state index contributed by atoms with van der Waals surface area (Å²) in [6.07, 6.45) is -14.7. The number of alkyl halides is 6. The summed E-state index contributed by atoms with van der Waals surface area (Å²) >= 11 is 3.05. The van der Waals surface area contributed by atoms with Crippen LogP contribution in [0.3, 0.4) is 0 Å². The molecular weight excluding hydrogens is 330 g/mol. The van der Waals surface area contributed by atoms with Crippen molar-refractivity contribution < 1.29 is 31.1 Å². The summed E-state index contributed by atoms with van der Waals surface area (Å²) in [5.41, 5.74) is 0.211. The van der Waals surface area contributed by atoms with Crippen LogP contribution in [0.5, 0.6) is 0 Å². The lowest BCUT2D eigenvalue weighted by atomic mass is 10.2. The van der Waals surface area contributed by atoms with Crippen molar-refractivity contribution in [3.05, 3.63) is 34.3 Å². The van der Waals surface area contributed by atoms with Gasteiger partial charge in [-0.05, 0) is 17.7 Å². The van der Waals surface area contributed by atoms with Gasteiger partial charge in [-0.25, -0.2) is 0 Å². The Morgan fingerprint density at radius 3 is 2.06 bits per heavy atom. The van der Waals surface area contributed by atoms with Crippen molar-refractivity contribution >= 4 is 15.9 Å². The maximum absolute atomic E-state index is 12.1. The first kappa shape index (κ1) is 15.3. The third-order valence-corrected chi connectivity index (χ3v) is 2.39. The van der Waals surface area contributed by atoms with E-state index in [4.69, 9.17) is 0 Å². The maximum atomic E-state index is 12.1. The zero-order valence-electron chi connectivity index (χ0n) is 8.65. The van der Waals surface area contributed by atoms with Gasteiger partial charge < -0.3 is 4.74 Å². The Hall–Kier alpha value is -0.760. The fraction of sp³-hybridized carbons (Fsp3) is 0.400. The molecule has 0 aliphatic carbocycles. The van der Waals surface area contributed by atoms with E-state index in [0.29, 0.717) is 4.47 Å². The lowest BCUT2D eigenvalue weighted by Gasteiger charge is -2.23. The smallest absolute Gasteiger partial charge is 0.356 e. The van der Waals surface area contributed by atoms with Crippen molar-refractivity contribution in [1.29, 1.82) is 0 Å². The summed E-state index contributed by atoms with van der Waals surface area (Å²) in [6, 6.07) is 5.83. The highest BCUT2D eigenvalue weighted by molar-refractivity contribution is 9.10. The number of benzene rings is 1. The Morgan fingerprint density at radius 1 is 1.06 bits per heavy atom. The van der Waals surface area contributed by atoms with E-state index in [0.717, 1.165) is 0 Å². The summed E-state index contributed by atoms with van der Waals surface area (Å²) < 4.78 is 77.3. The number of hydrogen-bond acceptors (Lipinski definition) is 1. The van der Waals surface area contributed by atoms with Gasteiger partial charge in [0.2, 0.25) is 6.10 Å². The second-order valence-electron chi connectivity index (χ2n) is 3.40. The van der Waals surface area contributed by atoms with Gasteiger partial charge in [-0.2, -0.15) is 26.3 Å². The Morgan fingerprint density at radius 2 is 1.61 bits per heavy atom. The van der Waals surface area contributed by atoms with Crippen LogP contribution < -0.4 is 0 Å². The minimum Gasteiger partial charge on any atom is -0.356 e. The lowest BCUT2D eigenvalue weighted by molar-refractivity contribution is -0.324. The first-order chi connectivity index (χ1) is 8.10. The van der Waals surface area contributed by atoms with Crippen LogP contribution in [0.2, 0.25) is 0 Å². The van der Waals surface area contributed by atoms with Crippen LogP contribution in [-0.4, -0.2) is 18.5 Å². The zero-order valence-corrected chi connectivity index (χ0v) is 10.2. The molecule has 0 fully saturated rings. The fourth-order valence-corrected chi connectivity index (χ4v) is 1.63. The minimum atomic E-state index is -5.48. The molecule has 102 valence electrons. The van der Waals surface area contributed by atoms with E-state index >= 15 is 0 Å². The van der Waals surface area contributed by atoms with E-state index < -0.39 is 25.1 Å². The predicted octanol–water partition coefficient (Wildman–Crippen LogP) is 4.46. The number of hydrogen-bond donors (Lipinski definition) is 0. The van der Waals surface area contributed by atoms with Gasteiger partial charge in [-0.15, -0.1) is 0 Å². The number of halogens is 7. The first-order valence-corrected chi connectivity index (χ1v) is 5.39. The monoisotopic (exact) mass is 336 g/mol. The summed E-state index contributed by atoms with van der Waals surface area (Å²) in [7, 11) is 0. The molecule has 0 radical (unpaired) electrons. The molecule has 1 nitrogen and oxygen atoms in total. The van der Waals surface area contributed by atoms with E-state index in [1.165, 1.54) is 18.2 Å². The molecule has 8 heteroatoms. The number of rotatable bonds is 3. The van der Waals surface area contributed by atoms with Crippen LogP contribution >= 0.6 is 15.9 Å². The summed E-state index contributed by atoms with van der Waals surface area (Å²) in [5, 5.41) is 0. The highest BCUT2D eigenvalue weighted by atomic mass is 79.9. The van der Waals surface area contributed by atoms with E-state index in [1.54, 1.807) is 6.07 Å². The van der Waals surface area contributed by atoms with Gasteiger partial charge in [0.1, 0.15) is 0 Å². The molecule has 0 N–H and O–H groups in total. The Labute approximate surface area is 107 Å². The average molecular weight is 337 g/mol. The van der Waals surface area contributed by atoms with Crippen LogP contribution in [0.15, 0.2) is 28.7 Å². The van der Waals surface area contributed by atoms with Gasteiger partial charge >= 0.3 is 12.4 Å². The molecule has 1 aromatic rings. The molecule has 0 bridgehead atoms. The third-order valence-electron chi connectivity index (χ3n) is 1.90. The van der Waals surface area contributed by atoms with Crippen LogP contribution in [-0.2, 0) is 11.3 Å². The highest BCUT2D eigenvalue weighted by Crippen LogP contribution is 2.36. The molecule has 0 aromatic heterocycles. The van der Waals surface area contributed by atoms with Gasteiger partial charge in [0.25, 0.3) is 0 Å². The zero-order chi connectivity index (χ0) is 14.0. The van der Waals surface area contributed by atoms with Crippen LogP contribution in [0.25, 0.3) is 0 Å². The minimum absolute atomic E-state index is 0.211. The molecule has 0 aliphatic rings. The lowest BCUT2D eigenvalue weighted by Crippen LogP contribution is -2.44. The normalized spacial score (nSPS) is 13.1. The molecule has 0 amide bonds. The van der Waals surface area contributed by atoms with Crippen molar-refractivity contribution in [1.82, 2.24) is 0 Å². The van der Waals surface area contributed by atoms with Crippen molar-refractivity contribution in [3.8, 4) is 0 Å². The summed E-state index contributed by atoms with van der Waals surface area (Å²) in [6.45, 7) is -0.775. The highest BCUT2D eigenvalue weighted by Gasteiger charge is 2.57. The molecule has 0 spiro atoms. The SMILES string of the molecule is FC(F)(F)C(OCc1cccc(Br)c1)C(F)(F)F.